The summed E-state index contributed by atoms with van der Waals surface area (Å²) in [7, 11) is 7.48. The van der Waals surface area contributed by atoms with Gasteiger partial charge in [0.25, 0.3) is 0 Å². The van der Waals surface area contributed by atoms with Gasteiger partial charge in [0.15, 0.2) is 11.5 Å². The highest BCUT2D eigenvalue weighted by molar-refractivity contribution is 6.31. The van der Waals surface area contributed by atoms with Gasteiger partial charge in [0.2, 0.25) is 0 Å². The number of benzene rings is 2. The largest absolute Gasteiger partial charge is 0.493 e. The van der Waals surface area contributed by atoms with Crippen molar-refractivity contribution in [3.8, 4) is 11.5 Å². The van der Waals surface area contributed by atoms with Gasteiger partial charge in [-0.15, -0.1) is 0 Å². The second kappa shape index (κ2) is 8.63. The molecule has 2 aromatic carbocycles. The third kappa shape index (κ3) is 4.54. The van der Waals surface area contributed by atoms with Gasteiger partial charge in [-0.3, -0.25) is 0 Å². The third-order valence-corrected chi connectivity index (χ3v) is 4.82. The van der Waals surface area contributed by atoms with Crippen molar-refractivity contribution in [2.75, 3.05) is 34.9 Å². The van der Waals surface area contributed by atoms with Gasteiger partial charge in [-0.1, -0.05) is 17.7 Å². The molecule has 5 nitrogen and oxygen atoms in total. The standard InChI is InChI=1S/C21H26ClN3O2/c1-24(2)10-5-11-25-18-14-16(22)7-8-17(18)23-21(25)13-15-6-9-19(26-3)20(12-15)27-4/h6-9,12,14H,5,10-11,13H2,1-4H3. The van der Waals surface area contributed by atoms with Crippen molar-refractivity contribution < 1.29 is 9.47 Å². The van der Waals surface area contributed by atoms with Crippen molar-refractivity contribution in [2.45, 2.75) is 19.4 Å². The van der Waals surface area contributed by atoms with Crippen molar-refractivity contribution in [1.29, 1.82) is 0 Å². The van der Waals surface area contributed by atoms with Crippen LogP contribution in [0.2, 0.25) is 5.02 Å². The van der Waals surface area contributed by atoms with Gasteiger partial charge in [-0.25, -0.2) is 4.98 Å². The van der Waals surface area contributed by atoms with Gasteiger partial charge in [0.05, 0.1) is 25.3 Å². The lowest BCUT2D eigenvalue weighted by Crippen LogP contribution is -2.16. The SMILES string of the molecule is COc1ccc(Cc2nc3ccc(Cl)cc3n2CCCN(C)C)cc1OC. The van der Waals surface area contributed by atoms with E-state index in [2.05, 4.69) is 29.6 Å². The molecule has 0 atom stereocenters. The number of imidazole rings is 1. The average molecular weight is 388 g/mol. The summed E-state index contributed by atoms with van der Waals surface area (Å²) < 4.78 is 13.1. The summed E-state index contributed by atoms with van der Waals surface area (Å²) in [4.78, 5) is 7.06. The minimum Gasteiger partial charge on any atom is -0.493 e. The summed E-state index contributed by atoms with van der Waals surface area (Å²) in [6.45, 7) is 1.92. The summed E-state index contributed by atoms with van der Waals surface area (Å²) in [6, 6.07) is 11.9. The van der Waals surface area contributed by atoms with Crippen molar-refractivity contribution in [3.05, 3.63) is 52.8 Å². The monoisotopic (exact) mass is 387 g/mol. The lowest BCUT2D eigenvalue weighted by atomic mass is 10.1. The van der Waals surface area contributed by atoms with E-state index in [1.54, 1.807) is 14.2 Å². The molecule has 0 aliphatic rings. The Morgan fingerprint density at radius 2 is 1.81 bits per heavy atom. The predicted octanol–water partition coefficient (Wildman–Crippen LogP) is 4.25. The molecule has 27 heavy (non-hydrogen) atoms. The van der Waals surface area contributed by atoms with E-state index < -0.39 is 0 Å². The molecule has 0 radical (unpaired) electrons. The smallest absolute Gasteiger partial charge is 0.161 e. The number of fused-ring (bicyclic) bond motifs is 1. The maximum absolute atomic E-state index is 6.24. The van der Waals surface area contributed by atoms with E-state index in [0.717, 1.165) is 58.5 Å². The predicted molar refractivity (Wildman–Crippen MR) is 110 cm³/mol. The Kier molecular flexibility index (Phi) is 6.24. The van der Waals surface area contributed by atoms with E-state index in [4.69, 9.17) is 26.1 Å². The zero-order valence-corrected chi connectivity index (χ0v) is 17.1. The second-order valence-corrected chi connectivity index (χ2v) is 7.27. The van der Waals surface area contributed by atoms with Crippen molar-refractivity contribution in [3.63, 3.8) is 0 Å². The number of aromatic nitrogens is 2. The first-order valence-corrected chi connectivity index (χ1v) is 9.40. The summed E-state index contributed by atoms with van der Waals surface area (Å²) in [5.74, 6) is 2.49. The van der Waals surface area contributed by atoms with E-state index in [1.807, 2.05) is 30.3 Å². The van der Waals surface area contributed by atoms with Crippen LogP contribution in [0.5, 0.6) is 11.5 Å². The first-order chi connectivity index (χ1) is 13.0. The van der Waals surface area contributed by atoms with E-state index in [1.165, 1.54) is 0 Å². The van der Waals surface area contributed by atoms with Crippen LogP contribution in [0, 0.1) is 0 Å². The summed E-state index contributed by atoms with van der Waals surface area (Å²) in [6.07, 6.45) is 1.76. The molecule has 0 amide bonds. The number of rotatable bonds is 8. The zero-order valence-electron chi connectivity index (χ0n) is 16.3. The van der Waals surface area contributed by atoms with E-state index in [0.29, 0.717) is 6.42 Å². The Balaban J connectivity index is 1.95. The molecule has 3 rings (SSSR count). The quantitative estimate of drug-likeness (QED) is 0.579. The molecule has 0 saturated carbocycles. The maximum atomic E-state index is 6.24. The second-order valence-electron chi connectivity index (χ2n) is 6.84. The lowest BCUT2D eigenvalue weighted by Gasteiger charge is -2.13. The van der Waals surface area contributed by atoms with Crippen molar-refractivity contribution >= 4 is 22.6 Å². The molecular weight excluding hydrogens is 362 g/mol. The van der Waals surface area contributed by atoms with Crippen LogP contribution in [0.1, 0.15) is 17.8 Å². The highest BCUT2D eigenvalue weighted by Crippen LogP contribution is 2.29. The summed E-state index contributed by atoms with van der Waals surface area (Å²) in [5.41, 5.74) is 3.18. The number of hydrogen-bond acceptors (Lipinski definition) is 4. The molecule has 1 heterocycles. The van der Waals surface area contributed by atoms with Crippen LogP contribution in [0.3, 0.4) is 0 Å². The van der Waals surface area contributed by atoms with Crippen LogP contribution < -0.4 is 9.47 Å². The fourth-order valence-corrected chi connectivity index (χ4v) is 3.41. The van der Waals surface area contributed by atoms with Gasteiger partial charge in [-0.05, 0) is 63.0 Å². The Labute approximate surface area is 165 Å². The normalized spacial score (nSPS) is 11.3. The minimum absolute atomic E-state index is 0.717. The van der Waals surface area contributed by atoms with Crippen molar-refractivity contribution in [1.82, 2.24) is 14.5 Å². The number of aryl methyl sites for hydroxylation is 1. The number of nitrogens with zero attached hydrogens (tertiary/aromatic N) is 3. The average Bonchev–Trinajstić information content (AvgIpc) is 2.98. The molecule has 0 bridgehead atoms. The molecule has 3 aromatic rings. The van der Waals surface area contributed by atoms with E-state index in [9.17, 15) is 0 Å². The van der Waals surface area contributed by atoms with Crippen LogP contribution in [0.15, 0.2) is 36.4 Å². The highest BCUT2D eigenvalue weighted by Gasteiger charge is 2.13. The molecule has 0 saturated heterocycles. The highest BCUT2D eigenvalue weighted by atomic mass is 35.5. The van der Waals surface area contributed by atoms with Crippen LogP contribution in [0.25, 0.3) is 11.0 Å². The fraction of sp³-hybridized carbons (Fsp3) is 0.381. The Morgan fingerprint density at radius 3 is 2.52 bits per heavy atom. The fourth-order valence-electron chi connectivity index (χ4n) is 3.25. The molecule has 1 aromatic heterocycles. The molecule has 6 heteroatoms. The minimum atomic E-state index is 0.717. The first-order valence-electron chi connectivity index (χ1n) is 9.02. The molecule has 0 unspecified atom stereocenters. The van der Waals surface area contributed by atoms with Crippen LogP contribution >= 0.6 is 11.6 Å². The van der Waals surface area contributed by atoms with Gasteiger partial charge < -0.3 is 18.9 Å². The number of methoxy groups -OCH3 is 2. The van der Waals surface area contributed by atoms with E-state index in [-0.39, 0.29) is 0 Å². The molecule has 0 aliphatic carbocycles. The number of hydrogen-bond donors (Lipinski definition) is 0. The maximum Gasteiger partial charge on any atom is 0.161 e. The molecular formula is C21H26ClN3O2. The van der Waals surface area contributed by atoms with Crippen LogP contribution in [0.4, 0.5) is 0 Å². The molecule has 0 fully saturated rings. The van der Waals surface area contributed by atoms with Gasteiger partial charge in [0, 0.05) is 18.0 Å². The molecule has 0 aliphatic heterocycles. The number of ether oxygens (including phenoxy) is 2. The lowest BCUT2D eigenvalue weighted by molar-refractivity contribution is 0.354. The Morgan fingerprint density at radius 1 is 1.04 bits per heavy atom. The summed E-state index contributed by atoms with van der Waals surface area (Å²) in [5, 5.41) is 0.730. The summed E-state index contributed by atoms with van der Waals surface area (Å²) >= 11 is 6.24. The van der Waals surface area contributed by atoms with Gasteiger partial charge in [0.1, 0.15) is 5.82 Å². The molecule has 0 N–H and O–H groups in total. The van der Waals surface area contributed by atoms with E-state index >= 15 is 0 Å². The number of halogens is 1. The van der Waals surface area contributed by atoms with Gasteiger partial charge >= 0.3 is 0 Å². The molecule has 144 valence electrons. The topological polar surface area (TPSA) is 39.5 Å². The Bertz CT molecular complexity index is 921. The van der Waals surface area contributed by atoms with Crippen LogP contribution in [-0.4, -0.2) is 49.3 Å². The third-order valence-electron chi connectivity index (χ3n) is 4.59. The van der Waals surface area contributed by atoms with Gasteiger partial charge in [-0.2, -0.15) is 0 Å². The molecule has 0 spiro atoms. The zero-order chi connectivity index (χ0) is 19.4. The van der Waals surface area contributed by atoms with Crippen LogP contribution in [-0.2, 0) is 13.0 Å². The Hall–Kier alpha value is -2.24. The van der Waals surface area contributed by atoms with Crippen molar-refractivity contribution in [2.24, 2.45) is 0 Å². The first kappa shape index (κ1) is 19.5.